The molecule has 0 unspecified atom stereocenters. The largest absolute Gasteiger partial charge is 0.486 e. The number of hydrazone groups is 1. The van der Waals surface area contributed by atoms with E-state index in [4.69, 9.17) is 14.6 Å². The third-order valence-corrected chi connectivity index (χ3v) is 4.42. The Kier molecular flexibility index (Phi) is 4.41. The molecule has 126 valence electrons. The van der Waals surface area contributed by atoms with Crippen LogP contribution in [0.2, 0.25) is 0 Å². The number of nitrogens with two attached hydrogens (primary N) is 1. The molecule has 0 radical (unpaired) electrons. The van der Waals surface area contributed by atoms with Crippen molar-refractivity contribution in [3.8, 4) is 11.5 Å². The summed E-state index contributed by atoms with van der Waals surface area (Å²) in [5.74, 6) is 1.43. The lowest BCUT2D eigenvalue weighted by atomic mass is 10.1. The fourth-order valence-corrected chi connectivity index (χ4v) is 2.72. The van der Waals surface area contributed by atoms with Crippen molar-refractivity contribution in [1.82, 2.24) is 0 Å². The van der Waals surface area contributed by atoms with E-state index in [1.165, 1.54) is 12.1 Å². The number of nitrogens with zero attached hydrogens (tertiary/aromatic N) is 1. The molecule has 0 bridgehead atoms. The van der Waals surface area contributed by atoms with Gasteiger partial charge in [0.1, 0.15) is 13.2 Å². The Hall–Kier alpha value is -2.58. The number of ether oxygens (including phenoxy) is 2. The first kappa shape index (κ1) is 16.3. The third-order valence-electron chi connectivity index (χ3n) is 3.50. The lowest BCUT2D eigenvalue weighted by Crippen LogP contribution is -2.15. The van der Waals surface area contributed by atoms with Gasteiger partial charge in [-0.15, -0.1) is 0 Å². The summed E-state index contributed by atoms with van der Waals surface area (Å²) in [5.41, 5.74) is 5.18. The summed E-state index contributed by atoms with van der Waals surface area (Å²) < 4.78 is 33.5. The van der Waals surface area contributed by atoms with Gasteiger partial charge in [0, 0.05) is 5.56 Å². The maximum Gasteiger partial charge on any atom is 0.238 e. The van der Waals surface area contributed by atoms with Crippen LogP contribution >= 0.6 is 0 Å². The standard InChI is InChI=1S/C16H17N3O4S/c1-11(12-2-7-15-16(10-12)23-9-8-22-15)18-19-13-3-5-14(6-4-13)24(17,20)21/h2-7,10,19H,8-9H2,1H3,(H2,17,20,21)/b18-11+. The van der Waals surface area contributed by atoms with Crippen LogP contribution in [0.1, 0.15) is 12.5 Å². The van der Waals surface area contributed by atoms with Gasteiger partial charge in [-0.3, -0.25) is 5.43 Å². The minimum atomic E-state index is -3.69. The highest BCUT2D eigenvalue weighted by Crippen LogP contribution is 2.30. The van der Waals surface area contributed by atoms with E-state index in [9.17, 15) is 8.42 Å². The third kappa shape index (κ3) is 3.66. The Morgan fingerprint density at radius 3 is 2.42 bits per heavy atom. The molecule has 24 heavy (non-hydrogen) atoms. The number of hydrogen-bond donors (Lipinski definition) is 2. The van der Waals surface area contributed by atoms with Gasteiger partial charge in [-0.25, -0.2) is 13.6 Å². The maximum absolute atomic E-state index is 11.2. The quantitative estimate of drug-likeness (QED) is 0.650. The first-order valence-corrected chi connectivity index (χ1v) is 8.81. The number of benzene rings is 2. The van der Waals surface area contributed by atoms with Crippen molar-refractivity contribution < 1.29 is 17.9 Å². The van der Waals surface area contributed by atoms with Crippen molar-refractivity contribution in [3.63, 3.8) is 0 Å². The van der Waals surface area contributed by atoms with Crippen LogP contribution in [0, 0.1) is 0 Å². The number of nitrogens with one attached hydrogen (secondary N) is 1. The van der Waals surface area contributed by atoms with Crippen LogP contribution in [-0.2, 0) is 10.0 Å². The summed E-state index contributed by atoms with van der Waals surface area (Å²) in [7, 11) is -3.69. The predicted octanol–water partition coefficient (Wildman–Crippen LogP) is 1.94. The minimum absolute atomic E-state index is 0.0561. The van der Waals surface area contributed by atoms with Crippen LogP contribution in [0.5, 0.6) is 11.5 Å². The van der Waals surface area contributed by atoms with Gasteiger partial charge in [0.25, 0.3) is 0 Å². The second-order valence-corrected chi connectivity index (χ2v) is 6.80. The summed E-state index contributed by atoms with van der Waals surface area (Å²) >= 11 is 0. The van der Waals surface area contributed by atoms with Gasteiger partial charge >= 0.3 is 0 Å². The first-order valence-electron chi connectivity index (χ1n) is 7.27. The van der Waals surface area contributed by atoms with Gasteiger partial charge in [0.2, 0.25) is 10.0 Å². The Bertz CT molecular complexity index is 877. The number of rotatable bonds is 4. The summed E-state index contributed by atoms with van der Waals surface area (Å²) in [6, 6.07) is 11.7. The summed E-state index contributed by atoms with van der Waals surface area (Å²) in [4.78, 5) is 0.0561. The number of hydrogen-bond acceptors (Lipinski definition) is 6. The Morgan fingerprint density at radius 2 is 1.75 bits per heavy atom. The molecule has 3 N–H and O–H groups in total. The Morgan fingerprint density at radius 1 is 1.08 bits per heavy atom. The van der Waals surface area contributed by atoms with Crippen molar-refractivity contribution in [2.24, 2.45) is 10.2 Å². The molecule has 2 aromatic rings. The van der Waals surface area contributed by atoms with E-state index in [2.05, 4.69) is 10.5 Å². The average Bonchev–Trinajstić information content (AvgIpc) is 2.59. The molecule has 0 fully saturated rings. The lowest BCUT2D eigenvalue weighted by molar-refractivity contribution is 0.171. The number of fused-ring (bicyclic) bond motifs is 1. The van der Waals surface area contributed by atoms with Gasteiger partial charge in [0.15, 0.2) is 11.5 Å². The SMILES string of the molecule is C/C(=N\Nc1ccc(S(N)(=O)=O)cc1)c1ccc2c(c1)OCCO2. The van der Waals surface area contributed by atoms with Crippen LogP contribution in [0.4, 0.5) is 5.69 Å². The average molecular weight is 347 g/mol. The number of sulfonamides is 1. The molecule has 1 aliphatic heterocycles. The summed E-state index contributed by atoms with van der Waals surface area (Å²) in [6.07, 6.45) is 0. The number of primary sulfonamides is 1. The number of anilines is 1. The van der Waals surface area contributed by atoms with E-state index in [1.54, 1.807) is 12.1 Å². The van der Waals surface area contributed by atoms with Gasteiger partial charge in [-0.1, -0.05) is 0 Å². The Labute approximate surface area is 140 Å². The fraction of sp³-hybridized carbons (Fsp3) is 0.188. The summed E-state index contributed by atoms with van der Waals surface area (Å²) in [5, 5.41) is 9.36. The molecule has 0 spiro atoms. The fourth-order valence-electron chi connectivity index (χ4n) is 2.20. The molecule has 7 nitrogen and oxygen atoms in total. The molecule has 0 aliphatic carbocycles. The zero-order valence-corrected chi connectivity index (χ0v) is 13.8. The molecule has 0 aromatic heterocycles. The normalized spacial score (nSPS) is 14.3. The molecule has 0 atom stereocenters. The molecule has 8 heteroatoms. The van der Waals surface area contributed by atoms with E-state index >= 15 is 0 Å². The second kappa shape index (κ2) is 6.50. The molecule has 3 rings (SSSR count). The van der Waals surface area contributed by atoms with Crippen LogP contribution in [-0.4, -0.2) is 27.3 Å². The van der Waals surface area contributed by atoms with Crippen LogP contribution in [0.15, 0.2) is 52.5 Å². The van der Waals surface area contributed by atoms with Crippen molar-refractivity contribution in [2.75, 3.05) is 18.6 Å². The van der Waals surface area contributed by atoms with Gasteiger partial charge in [-0.05, 0) is 49.4 Å². The predicted molar refractivity (Wildman–Crippen MR) is 91.1 cm³/mol. The van der Waals surface area contributed by atoms with E-state index in [-0.39, 0.29) is 4.90 Å². The second-order valence-electron chi connectivity index (χ2n) is 5.24. The van der Waals surface area contributed by atoms with Gasteiger partial charge in [0.05, 0.1) is 16.3 Å². The molecule has 0 saturated heterocycles. The lowest BCUT2D eigenvalue weighted by Gasteiger charge is -2.18. The van der Waals surface area contributed by atoms with Crippen LogP contribution in [0.25, 0.3) is 0 Å². The van der Waals surface area contributed by atoms with Crippen LogP contribution in [0.3, 0.4) is 0 Å². The minimum Gasteiger partial charge on any atom is -0.486 e. The molecule has 0 saturated carbocycles. The van der Waals surface area contributed by atoms with Crippen molar-refractivity contribution in [2.45, 2.75) is 11.8 Å². The van der Waals surface area contributed by atoms with Gasteiger partial charge in [-0.2, -0.15) is 5.10 Å². The molecular weight excluding hydrogens is 330 g/mol. The van der Waals surface area contributed by atoms with E-state index < -0.39 is 10.0 Å². The molecule has 0 amide bonds. The highest BCUT2D eigenvalue weighted by Gasteiger charge is 2.12. The topological polar surface area (TPSA) is 103 Å². The zero-order valence-electron chi connectivity index (χ0n) is 13.0. The monoisotopic (exact) mass is 347 g/mol. The van der Waals surface area contributed by atoms with Gasteiger partial charge < -0.3 is 9.47 Å². The highest BCUT2D eigenvalue weighted by molar-refractivity contribution is 7.89. The molecule has 2 aromatic carbocycles. The van der Waals surface area contributed by atoms with Crippen molar-refractivity contribution in [3.05, 3.63) is 48.0 Å². The zero-order chi connectivity index (χ0) is 17.2. The van der Waals surface area contributed by atoms with E-state index in [1.807, 2.05) is 25.1 Å². The van der Waals surface area contributed by atoms with Crippen LogP contribution < -0.4 is 20.0 Å². The first-order chi connectivity index (χ1) is 11.4. The van der Waals surface area contributed by atoms with E-state index in [0.29, 0.717) is 24.7 Å². The summed E-state index contributed by atoms with van der Waals surface area (Å²) in [6.45, 7) is 2.94. The highest BCUT2D eigenvalue weighted by atomic mass is 32.2. The smallest absolute Gasteiger partial charge is 0.238 e. The Balaban J connectivity index is 1.74. The van der Waals surface area contributed by atoms with E-state index in [0.717, 1.165) is 17.0 Å². The molecule has 1 heterocycles. The molecular formula is C16H17N3O4S. The van der Waals surface area contributed by atoms with Crippen molar-refractivity contribution >= 4 is 21.4 Å². The maximum atomic E-state index is 11.2. The molecule has 1 aliphatic rings. The van der Waals surface area contributed by atoms with Crippen molar-refractivity contribution in [1.29, 1.82) is 0 Å².